The molecule has 4 nitrogen and oxygen atoms in total. The number of hydrogen-bond donors (Lipinski definition) is 1. The van der Waals surface area contributed by atoms with Gasteiger partial charge >= 0.3 is 5.97 Å². The summed E-state index contributed by atoms with van der Waals surface area (Å²) < 4.78 is 4.95. The second-order valence-corrected chi connectivity index (χ2v) is 9.64. The Morgan fingerprint density at radius 3 is 2.35 bits per heavy atom. The Morgan fingerprint density at radius 1 is 1.10 bits per heavy atom. The molecule has 3 rings (SSSR count). The van der Waals surface area contributed by atoms with E-state index in [1.807, 2.05) is 24.3 Å². The number of fused-ring (bicyclic) bond motifs is 1. The molecule has 31 heavy (non-hydrogen) atoms. The van der Waals surface area contributed by atoms with E-state index in [1.165, 1.54) is 17.2 Å². The van der Waals surface area contributed by atoms with Crippen LogP contribution in [-0.2, 0) is 20.4 Å². The molecule has 2 aromatic carbocycles. The molecule has 2 aromatic rings. The number of oxime groups is 1. The zero-order valence-electron chi connectivity index (χ0n) is 19.5. The molecular formula is C27H33NO3. The maximum Gasteiger partial charge on any atom is 0.330 e. The quantitative estimate of drug-likeness (QED) is 0.208. The van der Waals surface area contributed by atoms with Gasteiger partial charge in [-0.2, -0.15) is 0 Å². The van der Waals surface area contributed by atoms with Crippen molar-refractivity contribution in [3.8, 4) is 0 Å². The smallest absolute Gasteiger partial charge is 0.330 e. The Labute approximate surface area is 185 Å². The molecule has 0 aliphatic heterocycles. The lowest BCUT2D eigenvalue weighted by Crippen LogP contribution is -2.34. The first kappa shape index (κ1) is 22.8. The zero-order valence-corrected chi connectivity index (χ0v) is 19.5. The summed E-state index contributed by atoms with van der Waals surface area (Å²) in [6.45, 7) is 13.4. The molecule has 0 saturated heterocycles. The highest BCUT2D eigenvalue weighted by molar-refractivity contribution is 6.13. The second-order valence-electron chi connectivity index (χ2n) is 9.64. The van der Waals surface area contributed by atoms with E-state index in [4.69, 9.17) is 4.74 Å². The van der Waals surface area contributed by atoms with Gasteiger partial charge in [0.25, 0.3) is 0 Å². The van der Waals surface area contributed by atoms with E-state index in [-0.39, 0.29) is 16.8 Å². The molecule has 0 atom stereocenters. The maximum absolute atomic E-state index is 11.6. The third-order valence-electron chi connectivity index (χ3n) is 6.41. The van der Waals surface area contributed by atoms with Crippen LogP contribution in [0, 0.1) is 6.92 Å². The molecular weight excluding hydrogens is 386 g/mol. The van der Waals surface area contributed by atoms with Crippen LogP contribution in [0.1, 0.15) is 80.8 Å². The fourth-order valence-electron chi connectivity index (χ4n) is 4.39. The average Bonchev–Trinajstić information content (AvgIpc) is 2.72. The van der Waals surface area contributed by atoms with Crippen molar-refractivity contribution in [3.63, 3.8) is 0 Å². The van der Waals surface area contributed by atoms with Crippen LogP contribution >= 0.6 is 0 Å². The first-order chi connectivity index (χ1) is 14.6. The van der Waals surface area contributed by atoms with Gasteiger partial charge in [0.15, 0.2) is 0 Å². The maximum atomic E-state index is 11.6. The molecule has 1 aliphatic rings. The lowest BCUT2D eigenvalue weighted by Gasteiger charge is -2.42. The fourth-order valence-corrected chi connectivity index (χ4v) is 4.39. The van der Waals surface area contributed by atoms with Gasteiger partial charge in [-0.25, -0.2) is 4.79 Å². The normalized spacial score (nSPS) is 17.4. The predicted molar refractivity (Wildman–Crippen MR) is 126 cm³/mol. The summed E-state index contributed by atoms with van der Waals surface area (Å²) in [5, 5.41) is 13.7. The van der Waals surface area contributed by atoms with Crippen molar-refractivity contribution in [2.75, 3.05) is 6.61 Å². The third kappa shape index (κ3) is 4.73. The lowest BCUT2D eigenvalue weighted by molar-refractivity contribution is -0.137. The minimum Gasteiger partial charge on any atom is -0.463 e. The summed E-state index contributed by atoms with van der Waals surface area (Å²) in [7, 11) is 0. The molecule has 4 heteroatoms. The van der Waals surface area contributed by atoms with Crippen LogP contribution < -0.4 is 0 Å². The molecule has 1 aliphatic carbocycles. The van der Waals surface area contributed by atoms with E-state index in [2.05, 4.69) is 51.9 Å². The van der Waals surface area contributed by atoms with Gasteiger partial charge in [-0.05, 0) is 78.0 Å². The molecule has 0 spiro atoms. The topological polar surface area (TPSA) is 58.9 Å². The molecule has 0 fully saturated rings. The summed E-state index contributed by atoms with van der Waals surface area (Å²) in [4.78, 5) is 11.6. The highest BCUT2D eigenvalue weighted by atomic mass is 16.5. The number of rotatable bonds is 5. The first-order valence-corrected chi connectivity index (χ1v) is 10.9. The zero-order chi connectivity index (χ0) is 22.8. The number of benzene rings is 2. The molecule has 0 heterocycles. The minimum absolute atomic E-state index is 0.0676. The Bertz CT molecular complexity index is 1040. The number of carbonyl (C=O) groups excluding carboxylic acids is 1. The van der Waals surface area contributed by atoms with Crippen LogP contribution in [0.5, 0.6) is 0 Å². The van der Waals surface area contributed by atoms with Crippen molar-refractivity contribution < 1.29 is 14.7 Å². The van der Waals surface area contributed by atoms with Gasteiger partial charge < -0.3 is 9.94 Å². The van der Waals surface area contributed by atoms with Crippen LogP contribution in [-0.4, -0.2) is 23.5 Å². The predicted octanol–water partition coefficient (Wildman–Crippen LogP) is 6.15. The SMILES string of the molecule is CCOC(=O)C=Cc1cccc(C(=NO)c2cc3c(cc2C)C(C)(C)CCC3(C)C)c1. The Balaban J connectivity index is 2.05. The van der Waals surface area contributed by atoms with Gasteiger partial charge in [-0.3, -0.25) is 0 Å². The van der Waals surface area contributed by atoms with Gasteiger partial charge in [0.1, 0.15) is 5.71 Å². The highest BCUT2D eigenvalue weighted by Gasteiger charge is 2.37. The van der Waals surface area contributed by atoms with Gasteiger partial charge in [0.2, 0.25) is 0 Å². The van der Waals surface area contributed by atoms with Crippen molar-refractivity contribution in [1.82, 2.24) is 0 Å². The highest BCUT2D eigenvalue weighted by Crippen LogP contribution is 2.46. The minimum atomic E-state index is -0.376. The van der Waals surface area contributed by atoms with E-state index in [0.29, 0.717) is 12.3 Å². The molecule has 0 saturated carbocycles. The van der Waals surface area contributed by atoms with Crippen molar-refractivity contribution >= 4 is 17.8 Å². The van der Waals surface area contributed by atoms with E-state index in [0.717, 1.165) is 35.1 Å². The van der Waals surface area contributed by atoms with Crippen LogP contribution in [0.15, 0.2) is 47.6 Å². The third-order valence-corrected chi connectivity index (χ3v) is 6.41. The van der Waals surface area contributed by atoms with Crippen molar-refractivity contribution in [3.05, 3.63) is 75.9 Å². The van der Waals surface area contributed by atoms with Crippen LogP contribution in [0.3, 0.4) is 0 Å². The van der Waals surface area contributed by atoms with Gasteiger partial charge in [0, 0.05) is 17.2 Å². The van der Waals surface area contributed by atoms with Gasteiger partial charge in [-0.15, -0.1) is 0 Å². The van der Waals surface area contributed by atoms with Crippen LogP contribution in [0.25, 0.3) is 6.08 Å². The molecule has 164 valence electrons. The number of aryl methyl sites for hydroxylation is 1. The van der Waals surface area contributed by atoms with Crippen molar-refractivity contribution in [1.29, 1.82) is 0 Å². The monoisotopic (exact) mass is 419 g/mol. The molecule has 0 radical (unpaired) electrons. The summed E-state index contributed by atoms with van der Waals surface area (Å²) in [5.74, 6) is -0.376. The molecule has 1 N–H and O–H groups in total. The lowest BCUT2D eigenvalue weighted by atomic mass is 9.62. The molecule has 0 unspecified atom stereocenters. The standard InChI is InChI=1S/C27H33NO3/c1-7-31-24(29)12-11-19-9-8-10-20(16-19)25(28-30)21-17-23-22(15-18(21)2)26(3,4)13-14-27(23,5)6/h8-12,15-17,30H,7,13-14H2,1-6H3. The van der Waals surface area contributed by atoms with Crippen molar-refractivity contribution in [2.45, 2.75) is 65.2 Å². The number of hydrogen-bond acceptors (Lipinski definition) is 4. The van der Waals surface area contributed by atoms with Crippen molar-refractivity contribution in [2.24, 2.45) is 5.16 Å². The summed E-state index contributed by atoms with van der Waals surface area (Å²) >= 11 is 0. The first-order valence-electron chi connectivity index (χ1n) is 10.9. The summed E-state index contributed by atoms with van der Waals surface area (Å²) in [6, 6.07) is 12.1. The van der Waals surface area contributed by atoms with E-state index in [1.54, 1.807) is 13.0 Å². The van der Waals surface area contributed by atoms with Crippen LogP contribution in [0.2, 0.25) is 0 Å². The number of carbonyl (C=O) groups is 1. The number of ether oxygens (including phenoxy) is 1. The Kier molecular flexibility index (Phi) is 6.40. The molecule has 0 amide bonds. The Morgan fingerprint density at radius 2 is 1.74 bits per heavy atom. The van der Waals surface area contributed by atoms with Gasteiger partial charge in [-0.1, -0.05) is 57.1 Å². The molecule has 0 aromatic heterocycles. The van der Waals surface area contributed by atoms with E-state index in [9.17, 15) is 10.0 Å². The van der Waals surface area contributed by atoms with Crippen LogP contribution in [0.4, 0.5) is 0 Å². The molecule has 0 bridgehead atoms. The number of esters is 1. The van der Waals surface area contributed by atoms with Gasteiger partial charge in [0.05, 0.1) is 6.61 Å². The largest absolute Gasteiger partial charge is 0.463 e. The fraction of sp³-hybridized carbons (Fsp3) is 0.407. The average molecular weight is 420 g/mol. The van der Waals surface area contributed by atoms with E-state index < -0.39 is 0 Å². The summed E-state index contributed by atoms with van der Waals surface area (Å²) in [5.41, 5.74) is 7.08. The second kappa shape index (κ2) is 8.70. The Hall–Kier alpha value is -2.88. The number of nitrogens with zero attached hydrogens (tertiary/aromatic N) is 1. The van der Waals surface area contributed by atoms with E-state index >= 15 is 0 Å². The summed E-state index contributed by atoms with van der Waals surface area (Å²) in [6.07, 6.45) is 5.39.